The molecule has 0 heterocycles. The number of aliphatic hydroxyl groups is 1. The lowest BCUT2D eigenvalue weighted by molar-refractivity contribution is -0.134. The second kappa shape index (κ2) is 16.9. The minimum Gasteiger partial charge on any atom is -0.442 e. The zero-order chi connectivity index (χ0) is 30.3. The Kier molecular flexibility index (Phi) is 14.4. The van der Waals surface area contributed by atoms with Crippen LogP contribution in [0.15, 0.2) is 24.3 Å². The average Bonchev–Trinajstić information content (AvgIpc) is 2.84. The highest BCUT2D eigenvalue weighted by molar-refractivity contribution is 5.98. The maximum Gasteiger partial charge on any atom is 0.431 e. The van der Waals surface area contributed by atoms with Crippen LogP contribution in [-0.2, 0) is 30.6 Å². The number of hydrogen-bond acceptors (Lipinski definition) is 8. The molecule has 0 aliphatic heterocycles. The number of amides is 6. The lowest BCUT2D eigenvalue weighted by Gasteiger charge is -2.24. The number of carbonyl (C=O) groups is 5. The number of hydrogen-bond donors (Lipinski definition) is 7. The highest BCUT2D eigenvalue weighted by Gasteiger charge is 2.27. The van der Waals surface area contributed by atoms with Crippen LogP contribution in [0.2, 0.25) is 0 Å². The van der Waals surface area contributed by atoms with Gasteiger partial charge < -0.3 is 36.8 Å². The molecule has 0 unspecified atom stereocenters. The topological polar surface area (TPSA) is 210 Å². The minimum atomic E-state index is -1.00. The van der Waals surface area contributed by atoms with Crippen LogP contribution in [0.3, 0.4) is 0 Å². The van der Waals surface area contributed by atoms with Gasteiger partial charge in [-0.3, -0.25) is 19.2 Å². The van der Waals surface area contributed by atoms with E-state index in [0.29, 0.717) is 17.7 Å². The Morgan fingerprint density at radius 3 is 2.17 bits per heavy atom. The summed E-state index contributed by atoms with van der Waals surface area (Å²) in [6.45, 7) is 8.20. The van der Waals surface area contributed by atoms with E-state index in [2.05, 4.69) is 21.3 Å². The van der Waals surface area contributed by atoms with Gasteiger partial charge in [0.05, 0.1) is 6.61 Å². The van der Waals surface area contributed by atoms with Gasteiger partial charge in [0.25, 0.3) is 0 Å². The molecule has 8 N–H and O–H groups in total. The zero-order valence-corrected chi connectivity index (χ0v) is 23.7. The zero-order valence-electron chi connectivity index (χ0n) is 23.7. The second-order valence-corrected chi connectivity index (χ2v) is 10.5. The van der Waals surface area contributed by atoms with Gasteiger partial charge in [-0.05, 0) is 63.6 Å². The van der Waals surface area contributed by atoms with Crippen molar-refractivity contribution in [3.05, 3.63) is 29.8 Å². The third-order valence-electron chi connectivity index (χ3n) is 5.12. The second-order valence-electron chi connectivity index (χ2n) is 10.5. The summed E-state index contributed by atoms with van der Waals surface area (Å²) in [6.07, 6.45) is -0.118. The molecule has 0 saturated heterocycles. The Morgan fingerprint density at radius 2 is 1.62 bits per heavy atom. The van der Waals surface area contributed by atoms with Gasteiger partial charge in [-0.25, -0.2) is 9.59 Å². The maximum absolute atomic E-state index is 13.2. The highest BCUT2D eigenvalue weighted by atomic mass is 16.7. The maximum atomic E-state index is 13.2. The summed E-state index contributed by atoms with van der Waals surface area (Å²) < 4.78 is 5.02. The van der Waals surface area contributed by atoms with Crippen molar-refractivity contribution in [2.75, 3.05) is 18.5 Å². The monoisotopic (exact) mass is 566 g/mol. The molecule has 1 rings (SSSR count). The number of anilines is 1. The molecule has 6 amide bonds. The first kappa shape index (κ1) is 34.1. The van der Waals surface area contributed by atoms with Crippen LogP contribution in [-0.4, -0.2) is 65.8 Å². The van der Waals surface area contributed by atoms with Gasteiger partial charge >= 0.3 is 12.1 Å². The molecular weight excluding hydrogens is 524 g/mol. The standard InChI is InChI=1S/C26H42N6O8/c1-16(2)13-20(30-21(34)15-39-32-25(38)40-26(3,4)5)23(36)31-19(7-6-12-28-24(27)37)22(35)29-18-10-8-17(14-33)9-11-18/h8-11,16,19-20,33H,6-7,12-15H2,1-5H3,(H,29,35)(H,30,34)(H,31,36)(H,32,38)(H3,27,28,37)/t19-,20-/m0/s1. The summed E-state index contributed by atoms with van der Waals surface area (Å²) >= 11 is 0. The molecule has 14 nitrogen and oxygen atoms in total. The predicted molar refractivity (Wildman–Crippen MR) is 146 cm³/mol. The fraction of sp³-hybridized carbons (Fsp3) is 0.577. The van der Waals surface area contributed by atoms with Crippen LogP contribution >= 0.6 is 0 Å². The van der Waals surface area contributed by atoms with Gasteiger partial charge in [0.2, 0.25) is 17.7 Å². The van der Waals surface area contributed by atoms with Crippen LogP contribution in [0.1, 0.15) is 59.4 Å². The Bertz CT molecular complexity index is 994. The van der Waals surface area contributed by atoms with Gasteiger partial charge in [0, 0.05) is 12.2 Å². The molecule has 0 saturated carbocycles. The highest BCUT2D eigenvalue weighted by Crippen LogP contribution is 2.12. The van der Waals surface area contributed by atoms with Crippen LogP contribution in [0.25, 0.3) is 0 Å². The molecule has 0 bridgehead atoms. The van der Waals surface area contributed by atoms with E-state index >= 15 is 0 Å². The number of hydroxylamine groups is 1. The number of primary amides is 1. The lowest BCUT2D eigenvalue weighted by atomic mass is 10.0. The van der Waals surface area contributed by atoms with Crippen molar-refractivity contribution in [3.8, 4) is 0 Å². The van der Waals surface area contributed by atoms with Crippen LogP contribution in [0, 0.1) is 5.92 Å². The molecule has 1 aromatic rings. The number of nitrogens with two attached hydrogens (primary N) is 1. The molecular formula is C26H42N6O8. The summed E-state index contributed by atoms with van der Waals surface area (Å²) in [7, 11) is 0. The van der Waals surface area contributed by atoms with Gasteiger partial charge in [0.15, 0.2) is 6.61 Å². The fourth-order valence-corrected chi connectivity index (χ4v) is 3.38. The Hall–Kier alpha value is -3.91. The minimum absolute atomic E-state index is 0.00828. The van der Waals surface area contributed by atoms with Gasteiger partial charge in [-0.1, -0.05) is 26.0 Å². The number of ether oxygens (including phenoxy) is 1. The SMILES string of the molecule is CC(C)C[C@H](NC(=O)CONC(=O)OC(C)(C)C)C(=O)N[C@@H](CCCNC(N)=O)C(=O)Nc1ccc(CO)cc1. The number of aliphatic hydroxyl groups excluding tert-OH is 1. The van der Waals surface area contributed by atoms with Crippen molar-refractivity contribution in [1.82, 2.24) is 21.4 Å². The molecule has 14 heteroatoms. The number of rotatable bonds is 15. The van der Waals surface area contributed by atoms with Crippen molar-refractivity contribution in [3.63, 3.8) is 0 Å². The number of carbonyl (C=O) groups excluding carboxylic acids is 5. The van der Waals surface area contributed by atoms with Crippen molar-refractivity contribution < 1.29 is 38.7 Å². The van der Waals surface area contributed by atoms with E-state index in [1.54, 1.807) is 45.0 Å². The summed E-state index contributed by atoms with van der Waals surface area (Å²) in [5.74, 6) is -1.77. The molecule has 0 aromatic heterocycles. The van der Waals surface area contributed by atoms with E-state index in [4.69, 9.17) is 15.3 Å². The summed E-state index contributed by atoms with van der Waals surface area (Å²) in [4.78, 5) is 66.2. The first-order valence-electron chi connectivity index (χ1n) is 12.9. The third kappa shape index (κ3) is 14.9. The normalized spacial score (nSPS) is 12.6. The Labute approximate surface area is 234 Å². The van der Waals surface area contributed by atoms with Crippen LogP contribution in [0.5, 0.6) is 0 Å². The van der Waals surface area contributed by atoms with Crippen molar-refractivity contribution in [2.45, 2.75) is 78.2 Å². The number of nitrogens with one attached hydrogen (secondary N) is 5. The fourth-order valence-electron chi connectivity index (χ4n) is 3.38. The van der Waals surface area contributed by atoms with E-state index in [1.807, 2.05) is 19.3 Å². The molecule has 0 aliphatic carbocycles. The smallest absolute Gasteiger partial charge is 0.431 e. The van der Waals surface area contributed by atoms with E-state index in [-0.39, 0.29) is 31.9 Å². The molecule has 224 valence electrons. The van der Waals surface area contributed by atoms with Crippen molar-refractivity contribution >= 4 is 35.5 Å². The van der Waals surface area contributed by atoms with Crippen LogP contribution in [0.4, 0.5) is 15.3 Å². The van der Waals surface area contributed by atoms with E-state index in [0.717, 1.165) is 0 Å². The first-order chi connectivity index (χ1) is 18.7. The number of benzene rings is 1. The molecule has 0 fully saturated rings. The van der Waals surface area contributed by atoms with Crippen molar-refractivity contribution in [2.24, 2.45) is 11.7 Å². The average molecular weight is 567 g/mol. The van der Waals surface area contributed by atoms with E-state index in [1.165, 1.54) is 0 Å². The lowest BCUT2D eigenvalue weighted by Crippen LogP contribution is -2.53. The summed E-state index contributed by atoms with van der Waals surface area (Å²) in [5, 5.41) is 19.6. The van der Waals surface area contributed by atoms with Gasteiger partial charge in [-0.15, -0.1) is 0 Å². The molecule has 2 atom stereocenters. The van der Waals surface area contributed by atoms with Gasteiger partial charge in [0.1, 0.15) is 17.7 Å². The summed E-state index contributed by atoms with van der Waals surface area (Å²) in [5.41, 5.74) is 7.46. The van der Waals surface area contributed by atoms with Gasteiger partial charge in [-0.2, -0.15) is 5.48 Å². The molecule has 1 aromatic carbocycles. The Balaban J connectivity index is 2.86. The quantitative estimate of drug-likeness (QED) is 0.120. The first-order valence-corrected chi connectivity index (χ1v) is 12.9. The van der Waals surface area contributed by atoms with E-state index < -0.39 is 54.1 Å². The van der Waals surface area contributed by atoms with E-state index in [9.17, 15) is 29.1 Å². The largest absolute Gasteiger partial charge is 0.442 e. The summed E-state index contributed by atoms with van der Waals surface area (Å²) in [6, 6.07) is 3.81. The van der Waals surface area contributed by atoms with Crippen LogP contribution < -0.4 is 32.5 Å². The Morgan fingerprint density at radius 1 is 0.975 bits per heavy atom. The third-order valence-corrected chi connectivity index (χ3v) is 5.12. The molecule has 40 heavy (non-hydrogen) atoms. The molecule has 0 aliphatic rings. The van der Waals surface area contributed by atoms with Crippen molar-refractivity contribution in [1.29, 1.82) is 0 Å². The molecule has 0 spiro atoms. The molecule has 0 radical (unpaired) electrons. The predicted octanol–water partition coefficient (Wildman–Crippen LogP) is 1.04. The number of urea groups is 1.